The Labute approximate surface area is 138 Å². The first-order valence-electron chi connectivity index (χ1n) is 6.97. The summed E-state index contributed by atoms with van der Waals surface area (Å²) in [4.78, 5) is 32.1. The number of rotatable bonds is 2. The van der Waals surface area contributed by atoms with E-state index in [1.165, 1.54) is 19.2 Å². The molecule has 1 aromatic carbocycles. The lowest BCUT2D eigenvalue weighted by atomic mass is 9.93. The standard InChI is InChI=1S/C14H16FNO2.C2H2O4/c1-16-8-7-12(13(9-16)14(17)18-2)10-3-5-11(15)6-4-10;3-1(4)2(5)6/h3-6H,7-9H2,1-2H3;(H,3,4)(H,5,6). The van der Waals surface area contributed by atoms with Crippen molar-refractivity contribution in [1.29, 1.82) is 0 Å². The number of carboxylic acids is 2. The molecule has 24 heavy (non-hydrogen) atoms. The van der Waals surface area contributed by atoms with Crippen LogP contribution in [0.1, 0.15) is 12.0 Å². The predicted octanol–water partition coefficient (Wildman–Crippen LogP) is 1.24. The van der Waals surface area contributed by atoms with Gasteiger partial charge in [0.05, 0.1) is 12.7 Å². The highest BCUT2D eigenvalue weighted by Crippen LogP contribution is 2.27. The van der Waals surface area contributed by atoms with Crippen molar-refractivity contribution in [2.24, 2.45) is 0 Å². The van der Waals surface area contributed by atoms with Crippen molar-refractivity contribution in [2.45, 2.75) is 6.42 Å². The van der Waals surface area contributed by atoms with Crippen LogP contribution in [0.25, 0.3) is 5.57 Å². The van der Waals surface area contributed by atoms with Crippen molar-refractivity contribution in [3.05, 3.63) is 41.2 Å². The molecule has 1 aliphatic heterocycles. The topological polar surface area (TPSA) is 104 Å². The highest BCUT2D eigenvalue weighted by atomic mass is 19.1. The number of ether oxygens (including phenoxy) is 1. The summed E-state index contributed by atoms with van der Waals surface area (Å²) < 4.78 is 17.7. The maximum Gasteiger partial charge on any atom is 0.414 e. The lowest BCUT2D eigenvalue weighted by Gasteiger charge is -2.26. The van der Waals surface area contributed by atoms with Crippen LogP contribution in [0.4, 0.5) is 4.39 Å². The quantitative estimate of drug-likeness (QED) is 0.617. The van der Waals surface area contributed by atoms with Gasteiger partial charge in [0.1, 0.15) is 5.82 Å². The second-order valence-electron chi connectivity index (χ2n) is 5.05. The number of hydrogen-bond donors (Lipinski definition) is 2. The first kappa shape index (κ1) is 19.3. The van der Waals surface area contributed by atoms with Gasteiger partial charge in [-0.25, -0.2) is 18.8 Å². The fourth-order valence-corrected chi connectivity index (χ4v) is 2.18. The Morgan fingerprint density at radius 1 is 1.12 bits per heavy atom. The minimum Gasteiger partial charge on any atom is -0.473 e. The number of methoxy groups -OCH3 is 1. The molecule has 7 nitrogen and oxygen atoms in total. The van der Waals surface area contributed by atoms with Crippen LogP contribution in [-0.4, -0.2) is 60.3 Å². The third-order valence-corrected chi connectivity index (χ3v) is 3.34. The Morgan fingerprint density at radius 3 is 2.12 bits per heavy atom. The number of carbonyl (C=O) groups excluding carboxylic acids is 1. The van der Waals surface area contributed by atoms with Crippen LogP contribution < -0.4 is 0 Å². The van der Waals surface area contributed by atoms with Crippen molar-refractivity contribution < 1.29 is 33.7 Å². The smallest absolute Gasteiger partial charge is 0.414 e. The van der Waals surface area contributed by atoms with Crippen molar-refractivity contribution >= 4 is 23.5 Å². The Bertz CT molecular complexity index is 641. The Balaban J connectivity index is 0.000000413. The zero-order valence-electron chi connectivity index (χ0n) is 13.3. The van der Waals surface area contributed by atoms with E-state index in [0.717, 1.165) is 24.1 Å². The fraction of sp³-hybridized carbons (Fsp3) is 0.312. The third kappa shape index (κ3) is 5.47. The van der Waals surface area contributed by atoms with Crippen LogP contribution in [-0.2, 0) is 19.1 Å². The lowest BCUT2D eigenvalue weighted by molar-refractivity contribution is -0.159. The van der Waals surface area contributed by atoms with Crippen molar-refractivity contribution in [3.8, 4) is 0 Å². The minimum absolute atomic E-state index is 0.271. The number of benzene rings is 1. The Kier molecular flexibility index (Phi) is 7.06. The van der Waals surface area contributed by atoms with Gasteiger partial charge in [-0.1, -0.05) is 12.1 Å². The van der Waals surface area contributed by atoms with E-state index in [4.69, 9.17) is 24.5 Å². The van der Waals surface area contributed by atoms with Gasteiger partial charge in [0, 0.05) is 13.1 Å². The lowest BCUT2D eigenvalue weighted by Crippen LogP contribution is -2.31. The van der Waals surface area contributed by atoms with Gasteiger partial charge < -0.3 is 19.8 Å². The molecule has 0 aliphatic carbocycles. The van der Waals surface area contributed by atoms with Gasteiger partial charge in [-0.15, -0.1) is 0 Å². The van der Waals surface area contributed by atoms with E-state index in [1.54, 1.807) is 12.1 Å². The van der Waals surface area contributed by atoms with Gasteiger partial charge in [0.2, 0.25) is 0 Å². The molecule has 1 aliphatic rings. The SMILES string of the molecule is COC(=O)C1=C(c2ccc(F)cc2)CCN(C)C1.O=C(O)C(=O)O. The number of likely N-dealkylation sites (N-methyl/N-ethyl adjacent to an activating group) is 1. The number of carboxylic acid groups (broad SMARTS) is 2. The first-order valence-corrected chi connectivity index (χ1v) is 6.97. The summed E-state index contributed by atoms with van der Waals surface area (Å²) in [6, 6.07) is 6.24. The van der Waals surface area contributed by atoms with Gasteiger partial charge in [0.15, 0.2) is 0 Å². The first-order chi connectivity index (χ1) is 11.3. The van der Waals surface area contributed by atoms with E-state index >= 15 is 0 Å². The van der Waals surface area contributed by atoms with Crippen molar-refractivity contribution in [1.82, 2.24) is 4.90 Å². The summed E-state index contributed by atoms with van der Waals surface area (Å²) in [6.45, 7) is 1.45. The molecule has 0 aromatic heterocycles. The van der Waals surface area contributed by atoms with Crippen LogP contribution in [0.2, 0.25) is 0 Å². The summed E-state index contributed by atoms with van der Waals surface area (Å²) in [5.74, 6) is -4.22. The molecule has 0 saturated carbocycles. The van der Waals surface area contributed by atoms with Gasteiger partial charge in [-0.2, -0.15) is 0 Å². The molecule has 0 radical (unpaired) electrons. The van der Waals surface area contributed by atoms with Gasteiger partial charge in [-0.3, -0.25) is 0 Å². The maximum atomic E-state index is 12.9. The summed E-state index contributed by atoms with van der Waals surface area (Å²) >= 11 is 0. The molecule has 0 bridgehead atoms. The summed E-state index contributed by atoms with van der Waals surface area (Å²) in [5.41, 5.74) is 2.52. The van der Waals surface area contributed by atoms with Crippen molar-refractivity contribution in [2.75, 3.05) is 27.2 Å². The molecule has 0 saturated heterocycles. The Morgan fingerprint density at radius 2 is 1.67 bits per heavy atom. The normalized spacial score (nSPS) is 14.5. The second kappa shape index (κ2) is 8.78. The molecular weight excluding hydrogens is 321 g/mol. The third-order valence-electron chi connectivity index (χ3n) is 3.34. The molecule has 1 aromatic rings. The number of carbonyl (C=O) groups is 3. The molecule has 0 atom stereocenters. The van der Waals surface area contributed by atoms with Gasteiger partial charge >= 0.3 is 17.9 Å². The molecule has 0 spiro atoms. The summed E-state index contributed by atoms with van der Waals surface area (Å²) in [5, 5.41) is 14.8. The number of esters is 1. The largest absolute Gasteiger partial charge is 0.473 e. The number of halogens is 1. The van der Waals surface area contributed by atoms with E-state index in [2.05, 4.69) is 4.90 Å². The van der Waals surface area contributed by atoms with Crippen LogP contribution in [0.15, 0.2) is 29.8 Å². The van der Waals surface area contributed by atoms with Crippen LogP contribution in [0.3, 0.4) is 0 Å². The van der Waals surface area contributed by atoms with Gasteiger partial charge in [-0.05, 0) is 36.7 Å². The van der Waals surface area contributed by atoms with E-state index in [-0.39, 0.29) is 11.8 Å². The molecule has 0 fully saturated rings. The van der Waals surface area contributed by atoms with Crippen LogP contribution in [0, 0.1) is 5.82 Å². The molecule has 2 N–H and O–H groups in total. The predicted molar refractivity (Wildman–Crippen MR) is 82.7 cm³/mol. The molecule has 8 heteroatoms. The summed E-state index contributed by atoms with van der Waals surface area (Å²) in [6.07, 6.45) is 0.770. The number of hydrogen-bond acceptors (Lipinski definition) is 5. The minimum atomic E-state index is -1.82. The second-order valence-corrected chi connectivity index (χ2v) is 5.05. The average molecular weight is 339 g/mol. The molecule has 0 amide bonds. The highest BCUT2D eigenvalue weighted by molar-refractivity contribution is 6.27. The number of nitrogens with zero attached hydrogens (tertiary/aromatic N) is 1. The van der Waals surface area contributed by atoms with Crippen molar-refractivity contribution in [3.63, 3.8) is 0 Å². The molecular formula is C16H18FNO6. The summed E-state index contributed by atoms with van der Waals surface area (Å²) in [7, 11) is 3.34. The van der Waals surface area contributed by atoms with E-state index in [0.29, 0.717) is 12.1 Å². The van der Waals surface area contributed by atoms with E-state index < -0.39 is 11.9 Å². The molecule has 1 heterocycles. The fourth-order valence-electron chi connectivity index (χ4n) is 2.18. The maximum absolute atomic E-state index is 12.9. The zero-order valence-corrected chi connectivity index (χ0v) is 13.3. The van der Waals surface area contributed by atoms with E-state index in [9.17, 15) is 9.18 Å². The molecule has 2 rings (SSSR count). The highest BCUT2D eigenvalue weighted by Gasteiger charge is 2.23. The monoisotopic (exact) mass is 339 g/mol. The molecule has 0 unspecified atom stereocenters. The van der Waals surface area contributed by atoms with E-state index in [1.807, 2.05) is 7.05 Å². The van der Waals surface area contributed by atoms with Gasteiger partial charge in [0.25, 0.3) is 0 Å². The van der Waals surface area contributed by atoms with Crippen LogP contribution in [0.5, 0.6) is 0 Å². The Hall–Kier alpha value is -2.74. The average Bonchev–Trinajstić information content (AvgIpc) is 2.55. The molecule has 130 valence electrons. The zero-order chi connectivity index (χ0) is 18.3. The number of aliphatic carboxylic acids is 2. The van der Waals surface area contributed by atoms with Crippen LogP contribution >= 0.6 is 0 Å².